The van der Waals surface area contributed by atoms with Gasteiger partial charge in [-0.25, -0.2) is 4.98 Å². The van der Waals surface area contributed by atoms with Crippen molar-refractivity contribution in [2.24, 2.45) is 0 Å². The lowest BCUT2D eigenvalue weighted by molar-refractivity contribution is -0.137. The third kappa shape index (κ3) is 5.60. The number of aliphatic carboxylic acids is 1. The number of carboxylic acid groups (broad SMARTS) is 1. The van der Waals surface area contributed by atoms with Crippen LogP contribution in [0.15, 0.2) is 77.2 Å². The Balaban J connectivity index is 1.18. The maximum Gasteiger partial charge on any atom is 0.303 e. The minimum atomic E-state index is -0.745. The highest BCUT2D eigenvalue weighted by atomic mass is 16.5. The molecule has 4 aromatic rings. The van der Waals surface area contributed by atoms with Crippen LogP contribution in [-0.4, -0.2) is 22.7 Å². The van der Waals surface area contributed by atoms with E-state index >= 15 is 0 Å². The lowest BCUT2D eigenvalue weighted by atomic mass is 9.98. The van der Waals surface area contributed by atoms with Gasteiger partial charge in [-0.15, -0.1) is 0 Å². The normalized spacial score (nSPS) is 14.4. The molecule has 6 heteroatoms. The molecule has 0 aliphatic heterocycles. The number of benzene rings is 3. The van der Waals surface area contributed by atoms with Gasteiger partial charge in [-0.1, -0.05) is 42.5 Å². The molecule has 0 fully saturated rings. The van der Waals surface area contributed by atoms with Gasteiger partial charge in [0.1, 0.15) is 11.5 Å². The first-order valence-electron chi connectivity index (χ1n) is 12.4. The van der Waals surface area contributed by atoms with E-state index in [9.17, 15) is 4.79 Å². The quantitative estimate of drug-likeness (QED) is 0.273. The molecular formula is C30H30N2O4. The molecule has 3 aromatic carbocycles. The van der Waals surface area contributed by atoms with Crippen molar-refractivity contribution < 1.29 is 19.1 Å². The van der Waals surface area contributed by atoms with Gasteiger partial charge in [0.15, 0.2) is 0 Å². The summed E-state index contributed by atoms with van der Waals surface area (Å²) >= 11 is 0. The summed E-state index contributed by atoms with van der Waals surface area (Å²) in [5.41, 5.74) is 6.38. The van der Waals surface area contributed by atoms with E-state index in [1.165, 1.54) is 11.1 Å². The summed E-state index contributed by atoms with van der Waals surface area (Å²) in [5.74, 6) is 1.57. The largest absolute Gasteiger partial charge is 0.493 e. The zero-order valence-electron chi connectivity index (χ0n) is 20.4. The number of ether oxygens (including phenoxy) is 1. The number of hydrogen-bond acceptors (Lipinski definition) is 5. The van der Waals surface area contributed by atoms with Gasteiger partial charge in [-0.05, 0) is 72.7 Å². The summed E-state index contributed by atoms with van der Waals surface area (Å²) in [5, 5.41) is 12.6. The molecule has 1 aliphatic carbocycles. The average molecular weight is 483 g/mol. The van der Waals surface area contributed by atoms with Crippen LogP contribution in [-0.2, 0) is 24.2 Å². The number of nitrogens with one attached hydrogen (secondary N) is 1. The standard InChI is InChI=1S/C30H30N2O4/c1-20-28(14-15-35-26-12-13-27-22(17-26)10-11-23(27)18-29(33)34)32-30(36-20)24-8-5-9-25(16-24)31-19-21-6-3-2-4-7-21/h2-9,12-13,16-17,23,31H,10-11,14-15,18-19H2,1H3,(H,33,34)/t23-/m0/s1. The molecule has 0 amide bonds. The van der Waals surface area contributed by atoms with Crippen molar-refractivity contribution in [2.45, 2.75) is 45.1 Å². The number of oxazole rings is 1. The molecule has 0 spiro atoms. The third-order valence-corrected chi connectivity index (χ3v) is 6.69. The summed E-state index contributed by atoms with van der Waals surface area (Å²) in [6, 6.07) is 24.4. The van der Waals surface area contributed by atoms with E-state index in [0.29, 0.717) is 18.9 Å². The number of carbonyl (C=O) groups is 1. The van der Waals surface area contributed by atoms with Gasteiger partial charge in [0.05, 0.1) is 18.7 Å². The Kier molecular flexibility index (Phi) is 7.03. The van der Waals surface area contributed by atoms with Gasteiger partial charge in [0.25, 0.3) is 0 Å². The highest BCUT2D eigenvalue weighted by molar-refractivity contribution is 5.68. The van der Waals surface area contributed by atoms with Crippen LogP contribution in [0.2, 0.25) is 0 Å². The monoisotopic (exact) mass is 482 g/mol. The van der Waals surface area contributed by atoms with Crippen molar-refractivity contribution in [3.63, 3.8) is 0 Å². The van der Waals surface area contributed by atoms with Crippen molar-refractivity contribution in [2.75, 3.05) is 11.9 Å². The summed E-state index contributed by atoms with van der Waals surface area (Å²) < 4.78 is 12.0. The van der Waals surface area contributed by atoms with Gasteiger partial charge in [0, 0.05) is 24.2 Å². The number of fused-ring (bicyclic) bond motifs is 1. The highest BCUT2D eigenvalue weighted by Crippen LogP contribution is 2.37. The van der Waals surface area contributed by atoms with Crippen LogP contribution >= 0.6 is 0 Å². The topological polar surface area (TPSA) is 84.6 Å². The van der Waals surface area contributed by atoms with Gasteiger partial charge in [-0.3, -0.25) is 4.79 Å². The van der Waals surface area contributed by atoms with Crippen LogP contribution in [0.4, 0.5) is 5.69 Å². The zero-order valence-corrected chi connectivity index (χ0v) is 20.4. The summed E-state index contributed by atoms with van der Waals surface area (Å²) in [4.78, 5) is 15.8. The first kappa shape index (κ1) is 23.7. The second-order valence-electron chi connectivity index (χ2n) is 9.23. The SMILES string of the molecule is Cc1oc(-c2cccc(NCc3ccccc3)c2)nc1CCOc1ccc2c(c1)CC[C@H]2CC(=O)O. The van der Waals surface area contributed by atoms with E-state index in [1.54, 1.807) is 0 Å². The molecular weight excluding hydrogens is 452 g/mol. The van der Waals surface area contributed by atoms with Gasteiger partial charge < -0.3 is 19.6 Å². The van der Waals surface area contributed by atoms with Crippen molar-refractivity contribution >= 4 is 11.7 Å². The van der Waals surface area contributed by atoms with Crippen LogP contribution < -0.4 is 10.1 Å². The van der Waals surface area contributed by atoms with Crippen LogP contribution in [0, 0.1) is 6.92 Å². The van der Waals surface area contributed by atoms with Crippen molar-refractivity contribution in [1.29, 1.82) is 0 Å². The molecule has 36 heavy (non-hydrogen) atoms. The van der Waals surface area contributed by atoms with E-state index in [0.717, 1.165) is 53.4 Å². The number of carboxylic acids is 1. The van der Waals surface area contributed by atoms with Crippen molar-refractivity contribution in [3.05, 3.63) is 101 Å². The molecule has 6 nitrogen and oxygen atoms in total. The molecule has 1 heterocycles. The highest BCUT2D eigenvalue weighted by Gasteiger charge is 2.25. The van der Waals surface area contributed by atoms with Crippen LogP contribution in [0.3, 0.4) is 0 Å². The van der Waals surface area contributed by atoms with Gasteiger partial charge in [0.2, 0.25) is 5.89 Å². The number of nitrogens with zero attached hydrogens (tertiary/aromatic N) is 1. The lowest BCUT2D eigenvalue weighted by Crippen LogP contribution is -2.04. The predicted molar refractivity (Wildman–Crippen MR) is 139 cm³/mol. The van der Waals surface area contributed by atoms with E-state index in [2.05, 4.69) is 23.5 Å². The Morgan fingerprint density at radius 1 is 1.11 bits per heavy atom. The molecule has 1 aromatic heterocycles. The fourth-order valence-electron chi connectivity index (χ4n) is 4.81. The molecule has 5 rings (SSSR count). The summed E-state index contributed by atoms with van der Waals surface area (Å²) in [6.45, 7) is 3.17. The second kappa shape index (κ2) is 10.7. The Morgan fingerprint density at radius 3 is 2.81 bits per heavy atom. The average Bonchev–Trinajstić information content (AvgIpc) is 3.46. The number of anilines is 1. The predicted octanol–water partition coefficient (Wildman–Crippen LogP) is 6.39. The van der Waals surface area contributed by atoms with E-state index in [4.69, 9.17) is 19.2 Å². The summed E-state index contributed by atoms with van der Waals surface area (Å²) in [6.07, 6.45) is 2.61. The molecule has 0 bridgehead atoms. The van der Waals surface area contributed by atoms with E-state index in [-0.39, 0.29) is 12.3 Å². The van der Waals surface area contributed by atoms with Crippen LogP contribution in [0.5, 0.6) is 5.75 Å². The minimum Gasteiger partial charge on any atom is -0.493 e. The fraction of sp³-hybridized carbons (Fsp3) is 0.267. The maximum atomic E-state index is 11.1. The molecule has 2 N–H and O–H groups in total. The third-order valence-electron chi connectivity index (χ3n) is 6.69. The van der Waals surface area contributed by atoms with E-state index in [1.807, 2.05) is 61.5 Å². The zero-order chi connectivity index (χ0) is 24.9. The first-order valence-corrected chi connectivity index (χ1v) is 12.4. The molecule has 0 saturated heterocycles. The molecule has 1 aliphatic rings. The van der Waals surface area contributed by atoms with Crippen LogP contribution in [0.1, 0.15) is 46.9 Å². The van der Waals surface area contributed by atoms with Crippen molar-refractivity contribution in [3.8, 4) is 17.2 Å². The number of aromatic nitrogens is 1. The Labute approximate surface area is 211 Å². The Morgan fingerprint density at radius 2 is 1.97 bits per heavy atom. The fourth-order valence-corrected chi connectivity index (χ4v) is 4.81. The van der Waals surface area contributed by atoms with Crippen LogP contribution in [0.25, 0.3) is 11.5 Å². The molecule has 0 saturated carbocycles. The second-order valence-corrected chi connectivity index (χ2v) is 9.23. The van der Waals surface area contributed by atoms with E-state index < -0.39 is 5.97 Å². The molecule has 0 radical (unpaired) electrons. The molecule has 0 unspecified atom stereocenters. The maximum absolute atomic E-state index is 11.1. The Hall–Kier alpha value is -4.06. The van der Waals surface area contributed by atoms with Crippen molar-refractivity contribution in [1.82, 2.24) is 4.98 Å². The Bertz CT molecular complexity index is 1350. The summed E-state index contributed by atoms with van der Waals surface area (Å²) in [7, 11) is 0. The van der Waals surface area contributed by atoms with Gasteiger partial charge >= 0.3 is 5.97 Å². The van der Waals surface area contributed by atoms with Gasteiger partial charge in [-0.2, -0.15) is 0 Å². The number of aryl methyl sites for hydroxylation is 2. The minimum absolute atomic E-state index is 0.106. The smallest absolute Gasteiger partial charge is 0.303 e. The lowest BCUT2D eigenvalue weighted by Gasteiger charge is -2.10. The molecule has 1 atom stereocenters. The first-order chi connectivity index (χ1) is 17.5. The number of hydrogen-bond donors (Lipinski definition) is 2. The number of rotatable bonds is 10. The molecule has 184 valence electrons.